The highest BCUT2D eigenvalue weighted by molar-refractivity contribution is 7.14. The van der Waals surface area contributed by atoms with Crippen LogP contribution in [0.2, 0.25) is 0 Å². The molecule has 2 fully saturated rings. The summed E-state index contributed by atoms with van der Waals surface area (Å²) in [5.74, 6) is -6.00. The van der Waals surface area contributed by atoms with Crippen LogP contribution in [0.3, 0.4) is 0 Å². The van der Waals surface area contributed by atoms with Gasteiger partial charge >= 0.3 is 11.9 Å². The average Bonchev–Trinajstić information content (AvgIpc) is 1.40. The number of carbonyl (C=O) groups is 7. The Morgan fingerprint density at radius 1 is 0.806 bits per heavy atom. The summed E-state index contributed by atoms with van der Waals surface area (Å²) >= 11 is 4.92. The number of aromatic nitrogens is 7. The number of nitrogens with zero attached hydrogens (tertiary/aromatic N) is 9. The maximum atomic E-state index is 15.2. The molecule has 0 saturated carbocycles. The molecule has 0 aliphatic carbocycles. The highest BCUT2D eigenvalue weighted by Gasteiger charge is 2.50. The molecule has 35 heteroatoms. The summed E-state index contributed by atoms with van der Waals surface area (Å²) in [6, 6.07) is 1.50. The first kappa shape index (κ1) is 68.0. The smallest absolute Gasteiger partial charge is 0.355 e. The standard InChI is InChI=1S/C63H66N14O16S5/c1-26(78)42-54(83)73-43(27(2)88-8)57-68-37(24-96-57)53(82)74-47-48-49(93-40-17-63(4,87)50(75(5)6)28(3)92-40)62(86)90-18-29-10-9-11-32-41(29)31(19-89-48)45(64-32)61(85)91-20-33(65-51(80)35-23-97-59(47)69-35)56-66-34(21-95-56)44-30(55-67-36(22-94-55)52(81)72-42)16-39(79)46(71-44)58-70-38(25-98-58)60(84)77-14-12-76(7)13-15-77/h9-11,16,21-26,28,33,40,42,47-50,64,78-79,87H,12-15,17-20H2,1-8H3,(H,65,80)(H,72,81)(H,73,83)(H,74,82)/b43-27+. The molecule has 30 nitrogen and oxygen atoms in total. The number of hydrogen-bond acceptors (Lipinski definition) is 29. The number of H-pyrrole nitrogens is 1. The number of nitrogens with one attached hydrogen (secondary N) is 5. The van der Waals surface area contributed by atoms with Crippen LogP contribution in [0.1, 0.15) is 125 Å². The number of hydrogen-bond donors (Lipinski definition) is 8. The second-order valence-corrected chi connectivity index (χ2v) is 28.8. The number of pyridine rings is 1. The molecule has 12 heterocycles. The fraction of sp³-hybridized carbons (Fsp3) is 0.413. The van der Waals surface area contributed by atoms with Gasteiger partial charge in [0.1, 0.15) is 125 Å². The predicted molar refractivity (Wildman–Crippen MR) is 357 cm³/mol. The molecule has 2 saturated heterocycles. The Hall–Kier alpha value is -8.59. The molecule has 13 rings (SSSR count). The van der Waals surface area contributed by atoms with Gasteiger partial charge in [-0.05, 0) is 66.5 Å². The lowest BCUT2D eigenvalue weighted by atomic mass is 9.85. The van der Waals surface area contributed by atoms with E-state index >= 15 is 9.59 Å². The molecule has 5 aliphatic heterocycles. The summed E-state index contributed by atoms with van der Waals surface area (Å²) in [6.45, 7) is 7.12. The van der Waals surface area contributed by atoms with E-state index in [1.807, 2.05) is 11.9 Å². The number of likely N-dealkylation sites (N-methyl/N-ethyl adjacent to an activating group) is 2. The van der Waals surface area contributed by atoms with E-state index in [1.165, 1.54) is 43.2 Å². The molecule has 12 bridgehead atoms. The number of ether oxygens (including phenoxy) is 6. The quantitative estimate of drug-likeness (QED) is 0.0781. The lowest BCUT2D eigenvalue weighted by Gasteiger charge is -2.48. The van der Waals surface area contributed by atoms with E-state index in [2.05, 4.69) is 46.1 Å². The number of aliphatic hydroxyl groups is 2. The monoisotopic (exact) mass is 1430 g/mol. The number of allylic oxidation sites excluding steroid dienone is 1. The number of benzene rings is 1. The number of thiazole rings is 5. The molecule has 5 aliphatic rings. The number of cyclic esters (lactones) is 2. The number of aromatic hydroxyl groups is 1. The van der Waals surface area contributed by atoms with Crippen LogP contribution in [0.25, 0.3) is 49.3 Å². The third-order valence-corrected chi connectivity index (χ3v) is 21.9. The van der Waals surface area contributed by atoms with E-state index in [-0.39, 0.29) is 118 Å². The Labute approximate surface area is 578 Å². The Balaban J connectivity index is 0.971. The SMILES string of the molecule is CO/C(C)=C1/NC(=O)C(C(C)O)NC(=O)c2csc(n2)-c2cc(O)c(-c3nc(C(=O)N4CCN(C)CC4)cs3)nc2-c2csc(n2)C2COC(=O)c3[nH]c4cccc5c4c3COC(C(OC3CC(C)(O)C(N(C)C)C(C)O3)C(=O)OC5)C(NC(=O)c3csc1n3)c1nc(cs1)C(=O)N2. The zero-order valence-electron chi connectivity index (χ0n) is 53.8. The van der Waals surface area contributed by atoms with Crippen molar-refractivity contribution >= 4 is 115 Å². The van der Waals surface area contributed by atoms with Gasteiger partial charge in [0.15, 0.2) is 12.4 Å². The maximum Gasteiger partial charge on any atom is 0.355 e. The average molecular weight is 1440 g/mol. The highest BCUT2D eigenvalue weighted by Crippen LogP contribution is 2.43. The molecule has 514 valence electrons. The van der Waals surface area contributed by atoms with E-state index < -0.39 is 109 Å². The van der Waals surface area contributed by atoms with Crippen molar-refractivity contribution in [1.82, 2.24) is 70.9 Å². The van der Waals surface area contributed by atoms with Crippen LogP contribution in [0.15, 0.2) is 56.9 Å². The van der Waals surface area contributed by atoms with Crippen LogP contribution < -0.4 is 21.3 Å². The lowest BCUT2D eigenvalue weighted by Crippen LogP contribution is -2.62. The highest BCUT2D eigenvalue weighted by atomic mass is 32.1. The first-order valence-corrected chi connectivity index (χ1v) is 35.3. The van der Waals surface area contributed by atoms with E-state index in [0.29, 0.717) is 42.6 Å². The summed E-state index contributed by atoms with van der Waals surface area (Å²) in [4.78, 5) is 140. The molecule has 10 atom stereocenters. The fourth-order valence-electron chi connectivity index (χ4n) is 12.5. The van der Waals surface area contributed by atoms with Gasteiger partial charge in [0.2, 0.25) is 5.91 Å². The van der Waals surface area contributed by atoms with Crippen LogP contribution in [0, 0.1) is 0 Å². The normalized spacial score (nSPS) is 25.3. The van der Waals surface area contributed by atoms with Crippen LogP contribution >= 0.6 is 56.7 Å². The number of rotatable bonds is 7. The maximum absolute atomic E-state index is 15.2. The summed E-state index contributed by atoms with van der Waals surface area (Å²) in [5, 5.41) is 54.6. The van der Waals surface area contributed by atoms with Crippen molar-refractivity contribution in [3.8, 4) is 38.4 Å². The van der Waals surface area contributed by atoms with Gasteiger partial charge in [-0.3, -0.25) is 24.0 Å². The minimum Gasteiger partial charge on any atom is -0.506 e. The van der Waals surface area contributed by atoms with Crippen LogP contribution in [-0.2, 0) is 51.2 Å². The third kappa shape index (κ3) is 13.4. The largest absolute Gasteiger partial charge is 0.506 e. The second kappa shape index (κ2) is 27.6. The predicted octanol–water partition coefficient (Wildman–Crippen LogP) is 4.84. The summed E-state index contributed by atoms with van der Waals surface area (Å²) in [5.41, 5.74) is -0.611. The van der Waals surface area contributed by atoms with Crippen molar-refractivity contribution in [2.45, 2.75) is 108 Å². The van der Waals surface area contributed by atoms with Gasteiger partial charge in [-0.1, -0.05) is 12.1 Å². The first-order valence-electron chi connectivity index (χ1n) is 30.9. The van der Waals surface area contributed by atoms with Crippen molar-refractivity contribution in [1.29, 1.82) is 0 Å². The number of aliphatic hydroxyl groups excluding tert-OH is 1. The number of amides is 5. The zero-order valence-corrected chi connectivity index (χ0v) is 57.8. The number of aromatic amines is 1. The van der Waals surface area contributed by atoms with Crippen molar-refractivity contribution in [2.24, 2.45) is 0 Å². The Morgan fingerprint density at radius 3 is 2.21 bits per heavy atom. The van der Waals surface area contributed by atoms with Crippen molar-refractivity contribution in [3.63, 3.8) is 0 Å². The molecule has 98 heavy (non-hydrogen) atoms. The Kier molecular flexibility index (Phi) is 19.1. The minimum absolute atomic E-state index is 0.00556. The number of methoxy groups -OCH3 is 1. The van der Waals surface area contributed by atoms with Gasteiger partial charge in [-0.25, -0.2) is 39.5 Å². The Morgan fingerprint density at radius 2 is 1.48 bits per heavy atom. The molecule has 1 aromatic carbocycles. The lowest BCUT2D eigenvalue weighted by molar-refractivity contribution is -0.280. The van der Waals surface area contributed by atoms with E-state index in [0.717, 1.165) is 56.7 Å². The van der Waals surface area contributed by atoms with Gasteiger partial charge in [0.25, 0.3) is 23.6 Å². The molecule has 8 aromatic rings. The molecule has 10 unspecified atom stereocenters. The van der Waals surface area contributed by atoms with Crippen LogP contribution in [-0.4, -0.2) is 216 Å². The second-order valence-electron chi connectivity index (χ2n) is 24.5. The molecular weight excluding hydrogens is 1370 g/mol. The molecule has 5 amide bonds. The molecule has 7 aromatic heterocycles. The number of esters is 2. The van der Waals surface area contributed by atoms with Gasteiger partial charge in [0, 0.05) is 81.5 Å². The summed E-state index contributed by atoms with van der Waals surface area (Å²) < 4.78 is 38.0. The Bertz CT molecular complexity index is 4490. The van der Waals surface area contributed by atoms with E-state index in [9.17, 15) is 39.3 Å². The van der Waals surface area contributed by atoms with Crippen LogP contribution in [0.5, 0.6) is 5.75 Å². The van der Waals surface area contributed by atoms with Crippen LogP contribution in [0.4, 0.5) is 0 Å². The number of piperazine rings is 1. The zero-order chi connectivity index (χ0) is 69.2. The fourth-order valence-corrected chi connectivity index (χ4v) is 16.7. The van der Waals surface area contributed by atoms with E-state index in [1.54, 1.807) is 61.8 Å². The topological polar surface area (TPSA) is 387 Å². The molecule has 0 spiro atoms. The number of fused-ring (bicyclic) bond motifs is 15. The van der Waals surface area contributed by atoms with Gasteiger partial charge in [0.05, 0.1) is 37.6 Å². The number of carbonyl (C=O) groups excluding carboxylic acids is 7. The molecule has 8 N–H and O–H groups in total. The third-order valence-electron chi connectivity index (χ3n) is 17.4. The molecule has 0 radical (unpaired) electrons. The minimum atomic E-state index is -1.84. The first-order chi connectivity index (χ1) is 46.9. The van der Waals surface area contributed by atoms with Gasteiger partial charge in [-0.15, -0.1) is 56.7 Å². The summed E-state index contributed by atoms with van der Waals surface area (Å²) in [6.07, 6.45) is -7.20. The van der Waals surface area contributed by atoms with Gasteiger partial charge < -0.3 is 84.7 Å². The molecular formula is C63H66N14O16S5. The van der Waals surface area contributed by atoms with Gasteiger partial charge in [-0.2, -0.15) is 0 Å². The van der Waals surface area contributed by atoms with Crippen molar-refractivity contribution < 1.29 is 77.3 Å². The van der Waals surface area contributed by atoms with Crippen molar-refractivity contribution in [2.75, 3.05) is 61.0 Å². The summed E-state index contributed by atoms with van der Waals surface area (Å²) in [7, 11) is 6.89. The van der Waals surface area contributed by atoms with E-state index in [4.69, 9.17) is 43.4 Å². The van der Waals surface area contributed by atoms with Crippen molar-refractivity contribution in [3.05, 3.63) is 112 Å².